The normalized spacial score (nSPS) is 10.7. The first-order valence-corrected chi connectivity index (χ1v) is 6.27. The molecule has 0 aliphatic rings. The van der Waals surface area contributed by atoms with Gasteiger partial charge in [-0.25, -0.2) is 4.98 Å². The first kappa shape index (κ1) is 8.88. The van der Waals surface area contributed by atoms with Crippen LogP contribution in [0.5, 0.6) is 0 Å². The molecule has 1 aromatic carbocycles. The molecule has 15 heavy (non-hydrogen) atoms. The van der Waals surface area contributed by atoms with Crippen molar-refractivity contribution < 1.29 is 0 Å². The van der Waals surface area contributed by atoms with E-state index in [-0.39, 0.29) is 0 Å². The van der Waals surface area contributed by atoms with Gasteiger partial charge in [0, 0.05) is 0 Å². The Morgan fingerprint density at radius 1 is 1.07 bits per heavy atom. The minimum atomic E-state index is 0.957. The lowest BCUT2D eigenvalue weighted by molar-refractivity contribution is 1.46. The number of aromatic nitrogens is 1. The summed E-state index contributed by atoms with van der Waals surface area (Å²) >= 11 is 3.36. The maximum atomic E-state index is 4.50. The number of hydrogen-bond donors (Lipinski definition) is 1. The lowest BCUT2D eigenvalue weighted by Gasteiger charge is -1.94. The Bertz CT molecular complexity index is 536. The predicted molar refractivity (Wildman–Crippen MR) is 67.2 cm³/mol. The first-order chi connectivity index (χ1) is 7.42. The quantitative estimate of drug-likeness (QED) is 0.719. The van der Waals surface area contributed by atoms with Crippen LogP contribution in [0.25, 0.3) is 10.2 Å². The Balaban J connectivity index is 1.98. The minimum Gasteiger partial charge on any atom is -0.323 e. The van der Waals surface area contributed by atoms with Crippen molar-refractivity contribution in [3.8, 4) is 0 Å². The molecule has 2 nitrogen and oxygen atoms in total. The molecule has 74 valence electrons. The van der Waals surface area contributed by atoms with Gasteiger partial charge in [-0.05, 0) is 29.6 Å². The second-order valence-corrected chi connectivity index (χ2v) is 5.07. The second-order valence-electron chi connectivity index (χ2n) is 3.09. The van der Waals surface area contributed by atoms with Crippen LogP contribution in [0.15, 0.2) is 41.8 Å². The maximum Gasteiger partial charge on any atom is 0.188 e. The van der Waals surface area contributed by atoms with Gasteiger partial charge in [0.15, 0.2) is 5.13 Å². The fraction of sp³-hybridized carbons (Fsp3) is 0. The van der Waals surface area contributed by atoms with Gasteiger partial charge in [0.25, 0.3) is 0 Å². The van der Waals surface area contributed by atoms with E-state index in [1.54, 1.807) is 22.7 Å². The topological polar surface area (TPSA) is 24.9 Å². The van der Waals surface area contributed by atoms with Crippen LogP contribution in [0, 0.1) is 0 Å². The molecule has 0 unspecified atom stereocenters. The number of nitrogens with one attached hydrogen (secondary N) is 1. The van der Waals surface area contributed by atoms with Gasteiger partial charge in [-0.3, -0.25) is 0 Å². The van der Waals surface area contributed by atoms with Gasteiger partial charge in [0.1, 0.15) is 0 Å². The smallest absolute Gasteiger partial charge is 0.188 e. The van der Waals surface area contributed by atoms with Crippen molar-refractivity contribution in [1.82, 2.24) is 4.98 Å². The highest BCUT2D eigenvalue weighted by Crippen LogP contribution is 2.29. The predicted octanol–water partition coefficient (Wildman–Crippen LogP) is 4.10. The van der Waals surface area contributed by atoms with Crippen molar-refractivity contribution in [2.75, 3.05) is 5.32 Å². The van der Waals surface area contributed by atoms with Crippen molar-refractivity contribution >= 4 is 43.0 Å². The molecule has 0 fully saturated rings. The monoisotopic (exact) mass is 232 g/mol. The lowest BCUT2D eigenvalue weighted by atomic mass is 10.3. The van der Waals surface area contributed by atoms with Crippen LogP contribution in [-0.4, -0.2) is 4.98 Å². The van der Waals surface area contributed by atoms with Crippen LogP contribution < -0.4 is 5.32 Å². The fourth-order valence-electron chi connectivity index (χ4n) is 1.38. The highest BCUT2D eigenvalue weighted by atomic mass is 32.1. The van der Waals surface area contributed by atoms with E-state index >= 15 is 0 Å². The molecule has 0 bridgehead atoms. The zero-order valence-corrected chi connectivity index (χ0v) is 9.44. The lowest BCUT2D eigenvalue weighted by Crippen LogP contribution is -1.83. The van der Waals surface area contributed by atoms with E-state index in [0.29, 0.717) is 0 Å². The summed E-state index contributed by atoms with van der Waals surface area (Å²) in [6, 6.07) is 12.3. The van der Waals surface area contributed by atoms with Crippen LogP contribution in [-0.2, 0) is 0 Å². The molecule has 3 aromatic rings. The molecular formula is C11H8N2S2. The summed E-state index contributed by atoms with van der Waals surface area (Å²) in [6.45, 7) is 0. The molecule has 4 heteroatoms. The summed E-state index contributed by atoms with van der Waals surface area (Å²) in [5.74, 6) is 0. The first-order valence-electron chi connectivity index (χ1n) is 4.58. The standard InChI is InChI=1S/C11H8N2S2/c1-2-5-9-8(4-1)12-11(15-9)13-10-6-3-7-14-10/h1-7H,(H,12,13). The number of hydrogen-bond acceptors (Lipinski definition) is 4. The van der Waals surface area contributed by atoms with Crippen molar-refractivity contribution in [2.24, 2.45) is 0 Å². The van der Waals surface area contributed by atoms with Crippen LogP contribution >= 0.6 is 22.7 Å². The molecule has 0 saturated heterocycles. The third-order valence-electron chi connectivity index (χ3n) is 2.05. The number of anilines is 2. The average Bonchev–Trinajstić information content (AvgIpc) is 2.86. The Hall–Kier alpha value is -1.39. The molecule has 2 aromatic heterocycles. The number of thiazole rings is 1. The summed E-state index contributed by atoms with van der Waals surface area (Å²) in [5.41, 5.74) is 1.06. The van der Waals surface area contributed by atoms with Crippen LogP contribution in [0.1, 0.15) is 0 Å². The summed E-state index contributed by atoms with van der Waals surface area (Å²) < 4.78 is 1.22. The maximum absolute atomic E-state index is 4.50. The highest BCUT2D eigenvalue weighted by molar-refractivity contribution is 7.22. The van der Waals surface area contributed by atoms with Crippen LogP contribution in [0.4, 0.5) is 10.1 Å². The van der Waals surface area contributed by atoms with E-state index in [0.717, 1.165) is 15.6 Å². The number of fused-ring (bicyclic) bond motifs is 1. The Kier molecular flexibility index (Phi) is 2.16. The molecule has 0 aliphatic carbocycles. The number of thiophene rings is 1. The summed E-state index contributed by atoms with van der Waals surface area (Å²) in [6.07, 6.45) is 0. The van der Waals surface area contributed by atoms with Gasteiger partial charge in [-0.2, -0.15) is 0 Å². The van der Waals surface area contributed by atoms with E-state index in [9.17, 15) is 0 Å². The minimum absolute atomic E-state index is 0.957. The van der Waals surface area contributed by atoms with E-state index < -0.39 is 0 Å². The van der Waals surface area contributed by atoms with Gasteiger partial charge < -0.3 is 5.32 Å². The van der Waals surface area contributed by atoms with E-state index in [4.69, 9.17) is 0 Å². The largest absolute Gasteiger partial charge is 0.323 e. The Morgan fingerprint density at radius 3 is 2.80 bits per heavy atom. The molecule has 1 N–H and O–H groups in total. The second kappa shape index (κ2) is 3.64. The number of para-hydroxylation sites is 1. The number of rotatable bonds is 2. The molecular weight excluding hydrogens is 224 g/mol. The molecule has 2 heterocycles. The fourth-order valence-corrected chi connectivity index (χ4v) is 2.94. The molecule has 0 spiro atoms. The third-order valence-corrected chi connectivity index (χ3v) is 3.78. The Morgan fingerprint density at radius 2 is 2.00 bits per heavy atom. The zero-order valence-electron chi connectivity index (χ0n) is 7.81. The van der Waals surface area contributed by atoms with Crippen molar-refractivity contribution in [3.63, 3.8) is 0 Å². The average molecular weight is 232 g/mol. The van der Waals surface area contributed by atoms with Gasteiger partial charge in [0.2, 0.25) is 0 Å². The van der Waals surface area contributed by atoms with Crippen LogP contribution in [0.3, 0.4) is 0 Å². The van der Waals surface area contributed by atoms with Crippen molar-refractivity contribution in [1.29, 1.82) is 0 Å². The Labute approximate surface area is 95.2 Å². The van der Waals surface area contributed by atoms with E-state index in [2.05, 4.69) is 27.8 Å². The highest BCUT2D eigenvalue weighted by Gasteiger charge is 2.02. The molecule has 3 rings (SSSR count). The molecule has 0 atom stereocenters. The molecule has 0 saturated carbocycles. The third kappa shape index (κ3) is 1.73. The molecule has 0 aliphatic heterocycles. The summed E-state index contributed by atoms with van der Waals surface area (Å²) in [4.78, 5) is 4.50. The van der Waals surface area contributed by atoms with Crippen molar-refractivity contribution in [3.05, 3.63) is 41.8 Å². The summed E-state index contributed by atoms with van der Waals surface area (Å²) in [7, 11) is 0. The molecule has 0 amide bonds. The zero-order chi connectivity index (χ0) is 10.1. The SMILES string of the molecule is c1csc(Nc2nc3ccccc3s2)c1. The van der Waals surface area contributed by atoms with Gasteiger partial charge in [-0.1, -0.05) is 23.5 Å². The number of benzene rings is 1. The number of nitrogens with zero attached hydrogens (tertiary/aromatic N) is 1. The van der Waals surface area contributed by atoms with E-state index in [1.807, 2.05) is 24.3 Å². The van der Waals surface area contributed by atoms with Gasteiger partial charge >= 0.3 is 0 Å². The van der Waals surface area contributed by atoms with Gasteiger partial charge in [-0.15, -0.1) is 11.3 Å². The summed E-state index contributed by atoms with van der Waals surface area (Å²) in [5, 5.41) is 7.44. The van der Waals surface area contributed by atoms with Gasteiger partial charge in [0.05, 0.1) is 15.2 Å². The van der Waals surface area contributed by atoms with E-state index in [1.165, 1.54) is 4.70 Å². The molecule has 0 radical (unpaired) electrons. The van der Waals surface area contributed by atoms with Crippen molar-refractivity contribution in [2.45, 2.75) is 0 Å². The van der Waals surface area contributed by atoms with Crippen LogP contribution in [0.2, 0.25) is 0 Å².